The molecular formula is C21H17N3O5S. The molecule has 0 saturated heterocycles. The highest BCUT2D eigenvalue weighted by Crippen LogP contribution is 2.25. The number of hydrogen-bond acceptors (Lipinski definition) is 7. The van der Waals surface area contributed by atoms with Crippen LogP contribution in [0.15, 0.2) is 67.7 Å². The van der Waals surface area contributed by atoms with Gasteiger partial charge in [-0.05, 0) is 24.3 Å². The number of furan rings is 1. The molecule has 4 rings (SSSR count). The van der Waals surface area contributed by atoms with E-state index >= 15 is 0 Å². The average Bonchev–Trinajstić information content (AvgIpc) is 3.42. The van der Waals surface area contributed by atoms with Gasteiger partial charge in [-0.15, -0.1) is 11.3 Å². The smallest absolute Gasteiger partial charge is 0.345 e. The van der Waals surface area contributed by atoms with Crippen molar-refractivity contribution in [1.29, 1.82) is 0 Å². The van der Waals surface area contributed by atoms with Gasteiger partial charge in [0.2, 0.25) is 11.8 Å². The van der Waals surface area contributed by atoms with Crippen molar-refractivity contribution in [3.05, 3.63) is 70.3 Å². The van der Waals surface area contributed by atoms with E-state index in [4.69, 9.17) is 8.83 Å². The molecule has 0 unspecified atom stereocenters. The molecule has 0 aliphatic heterocycles. The Labute approximate surface area is 174 Å². The second-order valence-electron chi connectivity index (χ2n) is 6.43. The number of nitrogens with one attached hydrogen (secondary N) is 2. The van der Waals surface area contributed by atoms with Crippen LogP contribution in [-0.2, 0) is 16.1 Å². The number of fused-ring (bicyclic) bond motifs is 1. The van der Waals surface area contributed by atoms with Crippen LogP contribution in [0, 0.1) is 0 Å². The summed E-state index contributed by atoms with van der Waals surface area (Å²) in [4.78, 5) is 40.5. The lowest BCUT2D eigenvalue weighted by Crippen LogP contribution is -2.24. The lowest BCUT2D eigenvalue weighted by Gasteiger charge is -2.03. The molecule has 2 amide bonds. The summed E-state index contributed by atoms with van der Waals surface area (Å²) in [5.74, 6) is 0.0472. The first-order chi connectivity index (χ1) is 14.6. The van der Waals surface area contributed by atoms with E-state index in [0.717, 1.165) is 5.39 Å². The summed E-state index contributed by atoms with van der Waals surface area (Å²) in [6, 6.07) is 12.4. The fourth-order valence-electron chi connectivity index (χ4n) is 2.79. The number of carbonyl (C=O) groups excluding carboxylic acids is 2. The summed E-state index contributed by atoms with van der Waals surface area (Å²) < 4.78 is 10.5. The number of hydrogen-bond donors (Lipinski definition) is 2. The number of anilines is 1. The third-order valence-corrected chi connectivity index (χ3v) is 5.04. The maximum absolute atomic E-state index is 12.2. The van der Waals surface area contributed by atoms with Crippen molar-refractivity contribution < 1.29 is 18.4 Å². The number of benzene rings is 1. The zero-order valence-corrected chi connectivity index (χ0v) is 16.5. The lowest BCUT2D eigenvalue weighted by atomic mass is 10.1. The summed E-state index contributed by atoms with van der Waals surface area (Å²) in [5, 5.41) is 8.13. The summed E-state index contributed by atoms with van der Waals surface area (Å²) in [6.07, 6.45) is 1.58. The second kappa shape index (κ2) is 8.75. The molecule has 0 radical (unpaired) electrons. The number of thiazole rings is 1. The monoisotopic (exact) mass is 423 g/mol. The predicted octanol–water partition coefficient (Wildman–Crippen LogP) is 3.54. The van der Waals surface area contributed by atoms with E-state index in [1.807, 2.05) is 12.1 Å². The predicted molar refractivity (Wildman–Crippen MR) is 112 cm³/mol. The standard InChI is InChI=1S/C21H17N3O5S/c25-18(22-11-14-5-3-9-28-14)7-8-19(26)24-21-23-16(12-30-21)15-10-13-4-1-2-6-17(13)29-20(15)27/h1-6,9-10,12H,7-8,11H2,(H,22,25)(H,23,24,26). The highest BCUT2D eigenvalue weighted by molar-refractivity contribution is 7.14. The highest BCUT2D eigenvalue weighted by Gasteiger charge is 2.14. The van der Waals surface area contributed by atoms with Gasteiger partial charge in [0.15, 0.2) is 5.13 Å². The molecule has 2 N–H and O–H groups in total. The van der Waals surface area contributed by atoms with Crippen molar-refractivity contribution in [1.82, 2.24) is 10.3 Å². The molecule has 0 aliphatic rings. The first-order valence-electron chi connectivity index (χ1n) is 9.16. The van der Waals surface area contributed by atoms with E-state index in [2.05, 4.69) is 15.6 Å². The molecule has 9 heteroatoms. The van der Waals surface area contributed by atoms with Crippen molar-refractivity contribution >= 4 is 39.3 Å². The van der Waals surface area contributed by atoms with E-state index in [-0.39, 0.29) is 31.2 Å². The quantitative estimate of drug-likeness (QED) is 0.440. The summed E-state index contributed by atoms with van der Waals surface area (Å²) in [6.45, 7) is 0.275. The van der Waals surface area contributed by atoms with Crippen LogP contribution in [0.4, 0.5) is 5.13 Å². The molecule has 8 nitrogen and oxygen atoms in total. The van der Waals surface area contributed by atoms with Crippen LogP contribution < -0.4 is 16.3 Å². The van der Waals surface area contributed by atoms with E-state index in [9.17, 15) is 14.4 Å². The molecule has 30 heavy (non-hydrogen) atoms. The summed E-state index contributed by atoms with van der Waals surface area (Å²) >= 11 is 1.19. The van der Waals surface area contributed by atoms with Crippen LogP contribution in [0.5, 0.6) is 0 Å². The van der Waals surface area contributed by atoms with E-state index in [1.54, 1.807) is 35.7 Å². The van der Waals surface area contributed by atoms with Crippen molar-refractivity contribution in [3.8, 4) is 11.3 Å². The molecule has 152 valence electrons. The van der Waals surface area contributed by atoms with E-state index in [0.29, 0.717) is 27.7 Å². The minimum Gasteiger partial charge on any atom is -0.467 e. The average molecular weight is 423 g/mol. The van der Waals surface area contributed by atoms with Crippen LogP contribution in [0.2, 0.25) is 0 Å². The first kappa shape index (κ1) is 19.6. The van der Waals surface area contributed by atoms with Crippen molar-refractivity contribution in [3.63, 3.8) is 0 Å². The van der Waals surface area contributed by atoms with Crippen molar-refractivity contribution in [2.45, 2.75) is 19.4 Å². The molecule has 0 fully saturated rings. The maximum Gasteiger partial charge on any atom is 0.345 e. The Hall–Kier alpha value is -3.72. The maximum atomic E-state index is 12.2. The Morgan fingerprint density at radius 1 is 1.07 bits per heavy atom. The molecule has 0 aliphatic carbocycles. The lowest BCUT2D eigenvalue weighted by molar-refractivity contribution is -0.124. The fraction of sp³-hybridized carbons (Fsp3) is 0.143. The largest absolute Gasteiger partial charge is 0.467 e. The minimum atomic E-state index is -0.495. The van der Waals surface area contributed by atoms with Crippen molar-refractivity contribution in [2.24, 2.45) is 0 Å². The van der Waals surface area contributed by atoms with Crippen LogP contribution in [0.3, 0.4) is 0 Å². The number of rotatable bonds is 7. The molecular weight excluding hydrogens is 406 g/mol. The minimum absolute atomic E-state index is 0.0109. The molecule has 4 aromatic rings. The van der Waals surface area contributed by atoms with Gasteiger partial charge in [-0.25, -0.2) is 9.78 Å². The van der Waals surface area contributed by atoms with Crippen LogP contribution in [-0.4, -0.2) is 16.8 Å². The Morgan fingerprint density at radius 2 is 1.90 bits per heavy atom. The van der Waals surface area contributed by atoms with Gasteiger partial charge in [-0.3, -0.25) is 9.59 Å². The Kier molecular flexibility index (Phi) is 5.71. The van der Waals surface area contributed by atoms with Gasteiger partial charge in [0.1, 0.15) is 11.3 Å². The second-order valence-corrected chi connectivity index (χ2v) is 7.29. The third kappa shape index (κ3) is 4.64. The molecule has 0 bridgehead atoms. The number of aromatic nitrogens is 1. The number of amides is 2. The van der Waals surface area contributed by atoms with Crippen LogP contribution in [0.1, 0.15) is 18.6 Å². The van der Waals surface area contributed by atoms with Gasteiger partial charge >= 0.3 is 5.63 Å². The van der Waals surface area contributed by atoms with Gasteiger partial charge in [0, 0.05) is 23.6 Å². The van der Waals surface area contributed by atoms with Gasteiger partial charge < -0.3 is 19.5 Å². The molecule has 0 saturated carbocycles. The first-order valence-corrected chi connectivity index (χ1v) is 10.0. The molecule has 3 aromatic heterocycles. The van der Waals surface area contributed by atoms with Gasteiger partial charge in [0.05, 0.1) is 24.1 Å². The van der Waals surface area contributed by atoms with Crippen LogP contribution >= 0.6 is 11.3 Å². The number of carbonyl (C=O) groups is 2. The molecule has 0 spiro atoms. The number of para-hydroxylation sites is 1. The Morgan fingerprint density at radius 3 is 2.73 bits per heavy atom. The zero-order chi connectivity index (χ0) is 20.9. The van der Waals surface area contributed by atoms with Crippen LogP contribution in [0.25, 0.3) is 22.2 Å². The number of nitrogens with zero attached hydrogens (tertiary/aromatic N) is 1. The van der Waals surface area contributed by atoms with E-state index in [1.165, 1.54) is 17.6 Å². The summed E-state index contributed by atoms with van der Waals surface area (Å²) in [5.41, 5.74) is 0.749. The van der Waals surface area contributed by atoms with Gasteiger partial charge in [-0.2, -0.15) is 0 Å². The molecule has 0 atom stereocenters. The third-order valence-electron chi connectivity index (χ3n) is 4.29. The SMILES string of the molecule is O=C(CCC(=O)Nc1nc(-c2cc3ccccc3oc2=O)cs1)NCc1ccco1. The van der Waals surface area contributed by atoms with Gasteiger partial charge in [-0.1, -0.05) is 18.2 Å². The summed E-state index contributed by atoms with van der Waals surface area (Å²) in [7, 11) is 0. The van der Waals surface area contributed by atoms with E-state index < -0.39 is 5.63 Å². The fourth-order valence-corrected chi connectivity index (χ4v) is 3.52. The Bertz CT molecular complexity index is 1240. The molecule has 3 heterocycles. The zero-order valence-electron chi connectivity index (χ0n) is 15.7. The molecule has 1 aromatic carbocycles. The topological polar surface area (TPSA) is 114 Å². The Balaban J connectivity index is 1.34. The normalized spacial score (nSPS) is 10.8. The van der Waals surface area contributed by atoms with Crippen molar-refractivity contribution in [2.75, 3.05) is 5.32 Å². The van der Waals surface area contributed by atoms with Gasteiger partial charge in [0.25, 0.3) is 0 Å². The highest BCUT2D eigenvalue weighted by atomic mass is 32.1.